The number of hydrogen-bond acceptors (Lipinski definition) is 4. The predicted molar refractivity (Wildman–Crippen MR) is 97.6 cm³/mol. The van der Waals surface area contributed by atoms with Gasteiger partial charge in [-0.2, -0.15) is 0 Å². The SMILES string of the molecule is CCCCN(C)c1ccc(NC(=O)CCOc2ccccc2)cn1. The van der Waals surface area contributed by atoms with E-state index in [1.54, 1.807) is 6.20 Å². The molecule has 0 aliphatic heterocycles. The van der Waals surface area contributed by atoms with Gasteiger partial charge in [-0.1, -0.05) is 31.5 Å². The third kappa shape index (κ3) is 5.91. The van der Waals surface area contributed by atoms with Gasteiger partial charge in [0.1, 0.15) is 11.6 Å². The molecule has 1 heterocycles. The number of rotatable bonds is 9. The lowest BCUT2D eigenvalue weighted by molar-refractivity contribution is -0.116. The molecule has 1 aromatic heterocycles. The number of benzene rings is 1. The van der Waals surface area contributed by atoms with Crippen LogP contribution >= 0.6 is 0 Å². The summed E-state index contributed by atoms with van der Waals surface area (Å²) >= 11 is 0. The number of unbranched alkanes of at least 4 members (excludes halogenated alkanes) is 1. The standard InChI is InChI=1S/C19H25N3O2/c1-3-4-13-22(2)18-11-10-16(15-20-18)21-19(23)12-14-24-17-8-6-5-7-9-17/h5-11,15H,3-4,12-14H2,1-2H3,(H,21,23). The summed E-state index contributed by atoms with van der Waals surface area (Å²) in [7, 11) is 2.02. The van der Waals surface area contributed by atoms with Gasteiger partial charge in [0.25, 0.3) is 0 Å². The van der Waals surface area contributed by atoms with Crippen LogP contribution in [0.4, 0.5) is 11.5 Å². The van der Waals surface area contributed by atoms with Crippen LogP contribution in [0.15, 0.2) is 48.7 Å². The van der Waals surface area contributed by atoms with Crippen molar-refractivity contribution in [3.8, 4) is 5.75 Å². The van der Waals surface area contributed by atoms with Gasteiger partial charge in [0.15, 0.2) is 0 Å². The van der Waals surface area contributed by atoms with Crippen LogP contribution in [0, 0.1) is 0 Å². The molecule has 1 N–H and O–H groups in total. The Morgan fingerprint density at radius 1 is 1.21 bits per heavy atom. The molecule has 2 aromatic rings. The molecule has 0 spiro atoms. The summed E-state index contributed by atoms with van der Waals surface area (Å²) in [6, 6.07) is 13.3. The lowest BCUT2D eigenvalue weighted by Crippen LogP contribution is -2.20. The van der Waals surface area contributed by atoms with E-state index < -0.39 is 0 Å². The van der Waals surface area contributed by atoms with Gasteiger partial charge in [-0.05, 0) is 30.7 Å². The Morgan fingerprint density at radius 3 is 2.67 bits per heavy atom. The number of carbonyl (C=O) groups excluding carboxylic acids is 1. The lowest BCUT2D eigenvalue weighted by atomic mass is 10.3. The number of ether oxygens (including phenoxy) is 1. The number of para-hydroxylation sites is 1. The summed E-state index contributed by atoms with van der Waals surface area (Å²) in [6.45, 7) is 3.49. The minimum absolute atomic E-state index is 0.0835. The Morgan fingerprint density at radius 2 is 2.00 bits per heavy atom. The van der Waals surface area contributed by atoms with Gasteiger partial charge < -0.3 is 15.0 Å². The molecule has 2 rings (SSSR count). The van der Waals surface area contributed by atoms with E-state index in [1.165, 1.54) is 0 Å². The molecular formula is C19H25N3O2. The number of pyridine rings is 1. The van der Waals surface area contributed by atoms with Gasteiger partial charge in [-0.3, -0.25) is 4.79 Å². The molecule has 0 radical (unpaired) electrons. The van der Waals surface area contributed by atoms with Crippen molar-refractivity contribution in [1.29, 1.82) is 0 Å². The summed E-state index contributed by atoms with van der Waals surface area (Å²) in [6.07, 6.45) is 4.28. The van der Waals surface area contributed by atoms with E-state index in [2.05, 4.69) is 22.1 Å². The third-order valence-electron chi connectivity index (χ3n) is 3.61. The highest BCUT2D eigenvalue weighted by molar-refractivity contribution is 5.90. The molecular weight excluding hydrogens is 302 g/mol. The van der Waals surface area contributed by atoms with Crippen molar-refractivity contribution in [3.05, 3.63) is 48.7 Å². The maximum atomic E-state index is 11.9. The molecule has 0 aliphatic carbocycles. The van der Waals surface area contributed by atoms with Gasteiger partial charge in [-0.15, -0.1) is 0 Å². The van der Waals surface area contributed by atoms with Crippen molar-refractivity contribution in [2.75, 3.05) is 30.4 Å². The molecule has 5 heteroatoms. The molecule has 0 atom stereocenters. The number of amides is 1. The molecule has 24 heavy (non-hydrogen) atoms. The predicted octanol–water partition coefficient (Wildman–Crippen LogP) is 3.73. The minimum atomic E-state index is -0.0835. The first kappa shape index (κ1) is 17.8. The largest absolute Gasteiger partial charge is 0.493 e. The Labute approximate surface area is 143 Å². The highest BCUT2D eigenvalue weighted by atomic mass is 16.5. The number of aromatic nitrogens is 1. The monoisotopic (exact) mass is 327 g/mol. The second-order valence-corrected chi connectivity index (χ2v) is 5.64. The average molecular weight is 327 g/mol. The smallest absolute Gasteiger partial charge is 0.227 e. The maximum absolute atomic E-state index is 11.9. The second kappa shape index (κ2) is 9.55. The van der Waals surface area contributed by atoms with E-state index >= 15 is 0 Å². The first-order valence-electron chi connectivity index (χ1n) is 8.34. The molecule has 1 aromatic carbocycles. The van der Waals surface area contributed by atoms with E-state index in [9.17, 15) is 4.79 Å². The zero-order valence-corrected chi connectivity index (χ0v) is 14.4. The van der Waals surface area contributed by atoms with Crippen molar-refractivity contribution < 1.29 is 9.53 Å². The van der Waals surface area contributed by atoms with Crippen LogP contribution in [0.1, 0.15) is 26.2 Å². The average Bonchev–Trinajstić information content (AvgIpc) is 2.61. The van der Waals surface area contributed by atoms with E-state index in [0.29, 0.717) is 18.7 Å². The Kier molecular flexibility index (Phi) is 7.08. The lowest BCUT2D eigenvalue weighted by Gasteiger charge is -2.17. The fourth-order valence-electron chi connectivity index (χ4n) is 2.20. The van der Waals surface area contributed by atoms with Crippen LogP contribution in [0.3, 0.4) is 0 Å². The van der Waals surface area contributed by atoms with Crippen LogP contribution in [0.25, 0.3) is 0 Å². The van der Waals surface area contributed by atoms with Crippen LogP contribution in [-0.4, -0.2) is 31.1 Å². The molecule has 0 unspecified atom stereocenters. The topological polar surface area (TPSA) is 54.5 Å². The molecule has 0 bridgehead atoms. The maximum Gasteiger partial charge on any atom is 0.227 e. The fraction of sp³-hybridized carbons (Fsp3) is 0.368. The van der Waals surface area contributed by atoms with Crippen molar-refractivity contribution >= 4 is 17.4 Å². The van der Waals surface area contributed by atoms with Crippen LogP contribution in [-0.2, 0) is 4.79 Å². The minimum Gasteiger partial charge on any atom is -0.493 e. The Balaban J connectivity index is 1.75. The third-order valence-corrected chi connectivity index (χ3v) is 3.61. The quantitative estimate of drug-likeness (QED) is 0.762. The first-order chi connectivity index (χ1) is 11.7. The summed E-state index contributed by atoms with van der Waals surface area (Å²) in [4.78, 5) is 18.4. The highest BCUT2D eigenvalue weighted by Crippen LogP contribution is 2.14. The molecule has 5 nitrogen and oxygen atoms in total. The zero-order chi connectivity index (χ0) is 17.2. The van der Waals surface area contributed by atoms with Crippen molar-refractivity contribution in [3.63, 3.8) is 0 Å². The van der Waals surface area contributed by atoms with Crippen molar-refractivity contribution in [2.45, 2.75) is 26.2 Å². The normalized spacial score (nSPS) is 10.2. The summed E-state index contributed by atoms with van der Waals surface area (Å²) in [5.41, 5.74) is 0.701. The van der Waals surface area contributed by atoms with Crippen LogP contribution < -0.4 is 15.0 Å². The van der Waals surface area contributed by atoms with E-state index in [0.717, 1.165) is 31.0 Å². The summed E-state index contributed by atoms with van der Waals surface area (Å²) in [5, 5.41) is 2.84. The summed E-state index contributed by atoms with van der Waals surface area (Å²) < 4.78 is 5.52. The van der Waals surface area contributed by atoms with Gasteiger partial charge in [0, 0.05) is 13.6 Å². The van der Waals surface area contributed by atoms with Crippen molar-refractivity contribution in [2.24, 2.45) is 0 Å². The summed E-state index contributed by atoms with van der Waals surface area (Å²) in [5.74, 6) is 1.60. The fourth-order valence-corrected chi connectivity index (χ4v) is 2.20. The number of nitrogens with zero attached hydrogens (tertiary/aromatic N) is 2. The Hall–Kier alpha value is -2.56. The number of nitrogens with one attached hydrogen (secondary N) is 1. The number of carbonyl (C=O) groups is 1. The zero-order valence-electron chi connectivity index (χ0n) is 14.4. The molecule has 0 saturated carbocycles. The van der Waals surface area contributed by atoms with Crippen LogP contribution in [0.2, 0.25) is 0 Å². The Bertz CT molecular complexity index is 614. The molecule has 0 saturated heterocycles. The molecule has 128 valence electrons. The van der Waals surface area contributed by atoms with E-state index in [-0.39, 0.29) is 5.91 Å². The molecule has 1 amide bonds. The highest BCUT2D eigenvalue weighted by Gasteiger charge is 2.05. The number of hydrogen-bond donors (Lipinski definition) is 1. The van der Waals surface area contributed by atoms with Gasteiger partial charge >= 0.3 is 0 Å². The van der Waals surface area contributed by atoms with Gasteiger partial charge in [0.05, 0.1) is 24.9 Å². The van der Waals surface area contributed by atoms with E-state index in [1.807, 2.05) is 49.5 Å². The number of anilines is 2. The van der Waals surface area contributed by atoms with Gasteiger partial charge in [0.2, 0.25) is 5.91 Å². The van der Waals surface area contributed by atoms with Gasteiger partial charge in [-0.25, -0.2) is 4.98 Å². The van der Waals surface area contributed by atoms with E-state index in [4.69, 9.17) is 4.74 Å². The van der Waals surface area contributed by atoms with Crippen LogP contribution in [0.5, 0.6) is 5.75 Å². The molecule has 0 aliphatic rings. The second-order valence-electron chi connectivity index (χ2n) is 5.64. The molecule has 0 fully saturated rings. The van der Waals surface area contributed by atoms with Crippen molar-refractivity contribution in [1.82, 2.24) is 4.98 Å². The first-order valence-corrected chi connectivity index (χ1v) is 8.34.